The van der Waals surface area contributed by atoms with Crippen molar-refractivity contribution in [2.24, 2.45) is 5.90 Å². The Bertz CT molecular complexity index is 3960. The molecular weight excluding hydrogens is 1200 g/mol. The number of anilines is 2. The average molecular weight is 1280 g/mol. The minimum absolute atomic E-state index is 0.168. The molecule has 10 rings (SSSR count). The number of likely N-dealkylation sites (tertiary alicyclic amines) is 2. The van der Waals surface area contributed by atoms with Crippen molar-refractivity contribution >= 4 is 65.2 Å². The number of aromatic amines is 1. The van der Waals surface area contributed by atoms with Crippen LogP contribution in [-0.4, -0.2) is 99.3 Å². The number of hydrogen-bond acceptors (Lipinski definition) is 16. The molecular formula is C70H83N12O10P. The molecule has 0 spiro atoms. The Balaban J connectivity index is 0.000000194. The largest absolute Gasteiger partial charge is 0.444 e. The lowest BCUT2D eigenvalue weighted by Crippen LogP contribution is -2.37. The molecule has 2 aliphatic rings. The highest BCUT2D eigenvalue weighted by Crippen LogP contribution is 2.42. The summed E-state index contributed by atoms with van der Waals surface area (Å²) in [5.41, 5.74) is 4.60. The summed E-state index contributed by atoms with van der Waals surface area (Å²) in [5.74, 6) is 13.2. The van der Waals surface area contributed by atoms with Crippen LogP contribution in [0.25, 0.3) is 22.5 Å². The van der Waals surface area contributed by atoms with Crippen molar-refractivity contribution in [1.29, 1.82) is 0 Å². The standard InChI is InChI=1S/C29H36N6O4.C29H35N5O4.C12H12NO2P/c1-17(2)21-13-14-31-23(16-21)32-27(37)20-11-9-19(10-12-20)24-25(18(3)36)35(30)26(33-24)22-8-7-15-34(22)28(38)39-29(4,5)6;1-17(2)21-13-14-30-23(16-21)31-27(36)20-11-9-19(10-12-20)25-24(18(3)35)32-26(33-25)22-8-7-15-34(22)28(37)38-29(4,5)6;13-15-16(14,11-7-3-1-4-8-11)12-9-5-2-6-10-12/h9-14,16-17,22H,7-8,15,30H2,1-6H3,(H,31,32,37);9-14,16-17,22H,7-8,15H2,1-6H3,(H,32,33)(H,30,31,36);1-10H,13H2/t2*22-;/m00./s1. The van der Waals surface area contributed by atoms with Crippen LogP contribution >= 0.6 is 7.37 Å². The number of nitrogens with two attached hydrogens (primary N) is 2. The average Bonchev–Trinajstić information content (AvgIpc) is 1.65. The van der Waals surface area contributed by atoms with E-state index in [-0.39, 0.29) is 35.1 Å². The number of rotatable bonds is 15. The maximum Gasteiger partial charge on any atom is 0.410 e. The van der Waals surface area contributed by atoms with Crippen molar-refractivity contribution < 1.29 is 47.4 Å². The fraction of sp³-hybridized carbons (Fsp3) is 0.343. The van der Waals surface area contributed by atoms with Gasteiger partial charge in [0.05, 0.1) is 17.8 Å². The first-order chi connectivity index (χ1) is 44.0. The maximum absolute atomic E-state index is 12.9. The van der Waals surface area contributed by atoms with Gasteiger partial charge in [0.2, 0.25) is 0 Å². The van der Waals surface area contributed by atoms with E-state index >= 15 is 0 Å². The van der Waals surface area contributed by atoms with Gasteiger partial charge in [-0.2, -0.15) is 0 Å². The number of ether oxygens (including phenoxy) is 2. The lowest BCUT2D eigenvalue weighted by molar-refractivity contribution is 0.0207. The summed E-state index contributed by atoms with van der Waals surface area (Å²) in [7, 11) is -3.13. The maximum atomic E-state index is 12.9. The number of amides is 4. The monoisotopic (exact) mass is 1280 g/mol. The van der Waals surface area contributed by atoms with Gasteiger partial charge in [0, 0.05) is 72.2 Å². The third-order valence-electron chi connectivity index (χ3n) is 15.3. The Kier molecular flexibility index (Phi) is 22.2. The third-order valence-corrected chi connectivity index (χ3v) is 17.5. The van der Waals surface area contributed by atoms with Gasteiger partial charge >= 0.3 is 12.2 Å². The number of carbonyl (C=O) groups is 6. The molecule has 0 radical (unpaired) electrons. The smallest absolute Gasteiger partial charge is 0.410 e. The quantitative estimate of drug-likeness (QED) is 0.0276. The summed E-state index contributed by atoms with van der Waals surface area (Å²) >= 11 is 0. The number of H-pyrrole nitrogens is 1. The fourth-order valence-electron chi connectivity index (χ4n) is 10.6. The molecule has 4 aromatic carbocycles. The highest BCUT2D eigenvalue weighted by molar-refractivity contribution is 7.74. The van der Waals surface area contributed by atoms with Crippen LogP contribution in [0.15, 0.2) is 146 Å². The molecule has 2 saturated heterocycles. The molecule has 7 N–H and O–H groups in total. The van der Waals surface area contributed by atoms with Crippen molar-refractivity contribution in [3.8, 4) is 22.5 Å². The second-order valence-electron chi connectivity index (χ2n) is 25.3. The second kappa shape index (κ2) is 29.8. The van der Waals surface area contributed by atoms with E-state index in [0.29, 0.717) is 111 Å². The van der Waals surface area contributed by atoms with Crippen LogP contribution in [0.2, 0.25) is 0 Å². The van der Waals surface area contributed by atoms with E-state index in [4.69, 9.17) is 35.8 Å². The molecule has 22 nitrogen and oxygen atoms in total. The molecule has 23 heteroatoms. The first kappa shape index (κ1) is 69.3. The van der Waals surface area contributed by atoms with E-state index in [1.807, 2.05) is 102 Å². The third kappa shape index (κ3) is 17.3. The molecule has 0 saturated carbocycles. The summed E-state index contributed by atoms with van der Waals surface area (Å²) in [6, 6.07) is 38.5. The van der Waals surface area contributed by atoms with Crippen LogP contribution in [0.3, 0.4) is 0 Å². The highest BCUT2D eigenvalue weighted by Gasteiger charge is 2.39. The number of nitrogen functional groups attached to an aromatic ring is 1. The number of benzene rings is 4. The Morgan fingerprint density at radius 2 is 1.02 bits per heavy atom. The van der Waals surface area contributed by atoms with Gasteiger partial charge in [-0.05, 0) is 163 Å². The Labute approximate surface area is 542 Å². The van der Waals surface area contributed by atoms with Crippen molar-refractivity contribution in [2.45, 2.75) is 144 Å². The molecule has 4 amide bonds. The molecule has 2 fully saturated rings. The highest BCUT2D eigenvalue weighted by atomic mass is 31.2. The molecule has 8 aromatic rings. The topological polar surface area (TPSA) is 302 Å². The van der Waals surface area contributed by atoms with Gasteiger partial charge in [-0.1, -0.05) is 88.4 Å². The molecule has 2 atom stereocenters. The van der Waals surface area contributed by atoms with E-state index < -0.39 is 36.8 Å². The van der Waals surface area contributed by atoms with Gasteiger partial charge in [0.1, 0.15) is 45.7 Å². The van der Waals surface area contributed by atoms with Crippen LogP contribution in [0.4, 0.5) is 21.2 Å². The Hall–Kier alpha value is -9.63. The van der Waals surface area contributed by atoms with Gasteiger partial charge < -0.3 is 30.9 Å². The minimum atomic E-state index is -3.13. The zero-order valence-corrected chi connectivity index (χ0v) is 55.6. The second-order valence-corrected chi connectivity index (χ2v) is 27.7. The van der Waals surface area contributed by atoms with E-state index in [2.05, 4.69) is 53.3 Å². The van der Waals surface area contributed by atoms with Gasteiger partial charge in [0.15, 0.2) is 17.4 Å². The van der Waals surface area contributed by atoms with E-state index in [9.17, 15) is 33.3 Å². The molecule has 93 heavy (non-hydrogen) atoms. The Morgan fingerprint density at radius 1 is 0.591 bits per heavy atom. The number of Topliss-reactive ketones (excluding diaryl/α,β-unsaturated/α-hetero) is 2. The molecule has 6 heterocycles. The number of carbonyl (C=O) groups excluding carboxylic acids is 6. The van der Waals surface area contributed by atoms with E-state index in [0.717, 1.165) is 24.0 Å². The Morgan fingerprint density at radius 3 is 1.43 bits per heavy atom. The number of nitrogens with zero attached hydrogens (tertiary/aromatic N) is 7. The van der Waals surface area contributed by atoms with Crippen molar-refractivity contribution in [2.75, 3.05) is 29.6 Å². The van der Waals surface area contributed by atoms with Gasteiger partial charge in [-0.25, -0.2) is 44.7 Å². The van der Waals surface area contributed by atoms with Crippen molar-refractivity contribution in [3.05, 3.63) is 191 Å². The predicted octanol–water partition coefficient (Wildman–Crippen LogP) is 13.2. The number of hydrogen-bond donors (Lipinski definition) is 5. The predicted molar refractivity (Wildman–Crippen MR) is 359 cm³/mol. The molecule has 4 aromatic heterocycles. The lowest BCUT2D eigenvalue weighted by Gasteiger charge is -2.28. The van der Waals surface area contributed by atoms with Crippen molar-refractivity contribution in [1.82, 2.24) is 39.4 Å². The zero-order chi connectivity index (χ0) is 67.5. The first-order valence-corrected chi connectivity index (χ1v) is 32.5. The number of nitrogens with one attached hydrogen (secondary N) is 3. The normalized spacial score (nSPS) is 14.8. The summed E-state index contributed by atoms with van der Waals surface area (Å²) in [6.07, 6.45) is 5.46. The summed E-state index contributed by atoms with van der Waals surface area (Å²) in [5, 5.41) is 6.87. The molecule has 2 aliphatic heterocycles. The first-order valence-electron chi connectivity index (χ1n) is 30.9. The van der Waals surface area contributed by atoms with Crippen LogP contribution in [0, 0.1) is 0 Å². The van der Waals surface area contributed by atoms with Crippen LogP contribution in [-0.2, 0) is 18.7 Å². The summed E-state index contributed by atoms with van der Waals surface area (Å²) in [6.45, 7) is 23.2. The van der Waals surface area contributed by atoms with Crippen molar-refractivity contribution in [3.63, 3.8) is 0 Å². The number of imidazole rings is 2. The lowest BCUT2D eigenvalue weighted by atomic mass is 10.0. The van der Waals surface area contributed by atoms with Crippen LogP contribution in [0.5, 0.6) is 0 Å². The van der Waals surface area contributed by atoms with E-state index in [1.165, 1.54) is 18.5 Å². The molecule has 488 valence electrons. The number of aromatic nitrogens is 6. The van der Waals surface area contributed by atoms with Crippen LogP contribution in [0.1, 0.15) is 197 Å². The zero-order valence-electron chi connectivity index (χ0n) is 54.7. The fourth-order valence-corrected chi connectivity index (χ4v) is 12.3. The van der Waals surface area contributed by atoms with Gasteiger partial charge in [-0.3, -0.25) is 33.5 Å². The van der Waals surface area contributed by atoms with Crippen LogP contribution < -0.4 is 33.0 Å². The minimum Gasteiger partial charge on any atom is -0.444 e. The summed E-state index contributed by atoms with van der Waals surface area (Å²) < 4.78 is 29.8. The number of ketones is 2. The SMILES string of the molecule is CC(=O)c1[nH]c([C@@H]2CCCN2C(=O)OC(C)(C)C)nc1-c1ccc(C(=O)Nc2cc(C(C)C)ccn2)cc1.CC(=O)c1c(-c2ccc(C(=O)Nc3cc(C(C)C)ccn3)cc2)nc([C@@H]2CCCN2C(=O)OC(C)(C)C)n1N.NOP(=O)(c1ccccc1)c1ccccc1. The molecule has 0 aliphatic carbocycles. The van der Waals surface area contributed by atoms with Gasteiger partial charge in [0.25, 0.3) is 19.2 Å². The summed E-state index contributed by atoms with van der Waals surface area (Å²) in [4.78, 5) is 101. The van der Waals surface area contributed by atoms with Gasteiger partial charge in [-0.15, -0.1) is 0 Å². The number of pyridine rings is 2. The molecule has 0 unspecified atom stereocenters. The molecule has 0 bridgehead atoms. The van der Waals surface area contributed by atoms with E-state index in [1.54, 1.807) is 95.0 Å².